The third-order valence-electron chi connectivity index (χ3n) is 3.05. The molecule has 0 spiro atoms. The maximum absolute atomic E-state index is 6.21. The first kappa shape index (κ1) is 14.5. The lowest BCUT2D eigenvalue weighted by molar-refractivity contribution is 0.522. The smallest absolute Gasteiger partial charge is 0.0621 e. The van der Waals surface area contributed by atoms with Crippen molar-refractivity contribution in [1.29, 1.82) is 0 Å². The second-order valence-electron chi connectivity index (χ2n) is 4.32. The average Bonchev–Trinajstić information content (AvgIpc) is 2.42. The molecule has 2 rings (SSSR count). The largest absolute Gasteiger partial charge is 0.313 e. The molecule has 2 nitrogen and oxygen atoms in total. The SMILES string of the molecule is CCNC(Cc1ccncc1Cl)C1CSCCS1. The molecule has 0 radical (unpaired) electrons. The molecule has 0 aliphatic carbocycles. The summed E-state index contributed by atoms with van der Waals surface area (Å²) in [7, 11) is 0. The lowest BCUT2D eigenvalue weighted by atomic mass is 10.0. The van der Waals surface area contributed by atoms with Crippen molar-refractivity contribution < 1.29 is 0 Å². The van der Waals surface area contributed by atoms with Gasteiger partial charge in [0.25, 0.3) is 0 Å². The number of pyridine rings is 1. The van der Waals surface area contributed by atoms with Gasteiger partial charge in [-0.15, -0.1) is 0 Å². The summed E-state index contributed by atoms with van der Waals surface area (Å²) < 4.78 is 0. The van der Waals surface area contributed by atoms with Crippen molar-refractivity contribution in [3.05, 3.63) is 29.0 Å². The van der Waals surface area contributed by atoms with Crippen molar-refractivity contribution in [3.63, 3.8) is 0 Å². The number of rotatable bonds is 5. The number of likely N-dealkylation sites (N-methyl/N-ethyl adjacent to an activating group) is 1. The molecule has 1 aromatic rings. The maximum Gasteiger partial charge on any atom is 0.0621 e. The molecule has 0 aromatic carbocycles. The van der Waals surface area contributed by atoms with Gasteiger partial charge < -0.3 is 5.32 Å². The van der Waals surface area contributed by atoms with Crippen LogP contribution in [0, 0.1) is 0 Å². The van der Waals surface area contributed by atoms with Gasteiger partial charge in [0, 0.05) is 40.9 Å². The molecule has 0 bridgehead atoms. The van der Waals surface area contributed by atoms with Gasteiger partial charge in [0.2, 0.25) is 0 Å². The molecule has 18 heavy (non-hydrogen) atoms. The van der Waals surface area contributed by atoms with Crippen LogP contribution in [0.3, 0.4) is 0 Å². The number of hydrogen-bond acceptors (Lipinski definition) is 4. The van der Waals surface area contributed by atoms with Gasteiger partial charge >= 0.3 is 0 Å². The highest BCUT2D eigenvalue weighted by atomic mass is 35.5. The third-order valence-corrected chi connectivity index (χ3v) is 6.31. The van der Waals surface area contributed by atoms with Crippen LogP contribution in [0.4, 0.5) is 0 Å². The molecule has 1 aromatic heterocycles. The van der Waals surface area contributed by atoms with Gasteiger partial charge in [0.15, 0.2) is 0 Å². The van der Waals surface area contributed by atoms with Gasteiger partial charge in [0.05, 0.1) is 5.02 Å². The van der Waals surface area contributed by atoms with Crippen molar-refractivity contribution in [2.45, 2.75) is 24.6 Å². The number of thioether (sulfide) groups is 2. The first-order valence-electron chi connectivity index (χ1n) is 6.32. The van der Waals surface area contributed by atoms with E-state index in [1.807, 2.05) is 12.3 Å². The van der Waals surface area contributed by atoms with E-state index in [9.17, 15) is 0 Å². The molecular weight excluding hydrogens is 284 g/mol. The Bertz CT molecular complexity index is 370. The van der Waals surface area contributed by atoms with Crippen LogP contribution in [0.15, 0.2) is 18.5 Å². The average molecular weight is 303 g/mol. The van der Waals surface area contributed by atoms with E-state index in [4.69, 9.17) is 11.6 Å². The fourth-order valence-corrected chi connectivity index (χ4v) is 5.23. The molecule has 0 saturated carbocycles. The first-order chi connectivity index (χ1) is 8.81. The van der Waals surface area contributed by atoms with Gasteiger partial charge in [-0.05, 0) is 24.6 Å². The highest BCUT2D eigenvalue weighted by molar-refractivity contribution is 8.06. The van der Waals surface area contributed by atoms with Gasteiger partial charge in [-0.3, -0.25) is 4.98 Å². The molecular formula is C13H19ClN2S2. The van der Waals surface area contributed by atoms with E-state index < -0.39 is 0 Å². The van der Waals surface area contributed by atoms with Gasteiger partial charge in [0.1, 0.15) is 0 Å². The minimum Gasteiger partial charge on any atom is -0.313 e. The summed E-state index contributed by atoms with van der Waals surface area (Å²) in [5.74, 6) is 3.79. The van der Waals surface area contributed by atoms with Gasteiger partial charge in [-0.1, -0.05) is 18.5 Å². The normalized spacial score (nSPS) is 21.8. The Morgan fingerprint density at radius 1 is 1.56 bits per heavy atom. The summed E-state index contributed by atoms with van der Waals surface area (Å²) >= 11 is 10.4. The fraction of sp³-hybridized carbons (Fsp3) is 0.615. The van der Waals surface area contributed by atoms with E-state index in [0.29, 0.717) is 11.3 Å². The van der Waals surface area contributed by atoms with Crippen molar-refractivity contribution >= 4 is 35.1 Å². The molecule has 100 valence electrons. The second kappa shape index (κ2) is 7.63. The molecule has 5 heteroatoms. The third kappa shape index (κ3) is 4.05. The Balaban J connectivity index is 2.03. The number of aromatic nitrogens is 1. The molecule has 1 saturated heterocycles. The molecule has 1 N–H and O–H groups in total. The zero-order chi connectivity index (χ0) is 12.8. The zero-order valence-corrected chi connectivity index (χ0v) is 13.0. The molecule has 1 aliphatic rings. The topological polar surface area (TPSA) is 24.9 Å². The van der Waals surface area contributed by atoms with Crippen LogP contribution in [0.1, 0.15) is 12.5 Å². The summed E-state index contributed by atoms with van der Waals surface area (Å²) in [6, 6.07) is 2.54. The van der Waals surface area contributed by atoms with E-state index >= 15 is 0 Å². The van der Waals surface area contributed by atoms with Crippen molar-refractivity contribution in [1.82, 2.24) is 10.3 Å². The molecule has 2 atom stereocenters. The standard InChI is InChI=1S/C13H19ClN2S2/c1-2-16-12(13-9-17-5-6-18-13)7-10-3-4-15-8-11(10)14/h3-4,8,12-13,16H,2,5-7,9H2,1H3. The summed E-state index contributed by atoms with van der Waals surface area (Å²) in [6.45, 7) is 3.18. The predicted octanol–water partition coefficient (Wildman–Crippen LogP) is 3.10. The summed E-state index contributed by atoms with van der Waals surface area (Å²) in [5, 5.41) is 5.09. The summed E-state index contributed by atoms with van der Waals surface area (Å²) in [6.07, 6.45) is 4.56. The van der Waals surface area contributed by atoms with E-state index in [1.165, 1.54) is 22.8 Å². The maximum atomic E-state index is 6.21. The Morgan fingerprint density at radius 3 is 3.11 bits per heavy atom. The molecule has 0 amide bonds. The van der Waals surface area contributed by atoms with E-state index in [-0.39, 0.29) is 0 Å². The van der Waals surface area contributed by atoms with Crippen molar-refractivity contribution in [2.75, 3.05) is 23.8 Å². The minimum atomic E-state index is 0.507. The summed E-state index contributed by atoms with van der Waals surface area (Å²) in [5.41, 5.74) is 1.20. The molecule has 1 fully saturated rings. The van der Waals surface area contributed by atoms with Crippen molar-refractivity contribution in [3.8, 4) is 0 Å². The Labute approximate surface area is 123 Å². The van der Waals surface area contributed by atoms with Crippen LogP contribution in [0.5, 0.6) is 0 Å². The fourth-order valence-electron chi connectivity index (χ4n) is 2.14. The van der Waals surface area contributed by atoms with Crippen LogP contribution >= 0.6 is 35.1 Å². The Hall–Kier alpha value is 0.1000. The highest BCUT2D eigenvalue weighted by Crippen LogP contribution is 2.28. The number of halogens is 1. The summed E-state index contributed by atoms with van der Waals surface area (Å²) in [4.78, 5) is 4.05. The lowest BCUT2D eigenvalue weighted by Crippen LogP contribution is -2.42. The Morgan fingerprint density at radius 2 is 2.44 bits per heavy atom. The number of nitrogens with one attached hydrogen (secondary N) is 1. The Kier molecular flexibility index (Phi) is 6.15. The lowest BCUT2D eigenvalue weighted by Gasteiger charge is -2.30. The minimum absolute atomic E-state index is 0.507. The van der Waals surface area contributed by atoms with Crippen LogP contribution < -0.4 is 5.32 Å². The molecule has 2 heterocycles. The number of hydrogen-bond donors (Lipinski definition) is 1. The molecule has 1 aliphatic heterocycles. The predicted molar refractivity (Wildman–Crippen MR) is 84.0 cm³/mol. The van der Waals surface area contributed by atoms with Crippen LogP contribution in [0.25, 0.3) is 0 Å². The first-order valence-corrected chi connectivity index (χ1v) is 8.90. The monoisotopic (exact) mass is 302 g/mol. The zero-order valence-electron chi connectivity index (χ0n) is 10.6. The number of nitrogens with zero attached hydrogens (tertiary/aromatic N) is 1. The van der Waals surface area contributed by atoms with Crippen LogP contribution in [-0.4, -0.2) is 40.1 Å². The molecule has 2 unspecified atom stereocenters. The van der Waals surface area contributed by atoms with Crippen LogP contribution in [-0.2, 0) is 6.42 Å². The second-order valence-corrected chi connectivity index (χ2v) is 7.22. The van der Waals surface area contributed by atoms with E-state index in [1.54, 1.807) is 6.20 Å². The van der Waals surface area contributed by atoms with E-state index in [0.717, 1.165) is 18.0 Å². The van der Waals surface area contributed by atoms with Crippen molar-refractivity contribution in [2.24, 2.45) is 0 Å². The van der Waals surface area contributed by atoms with Gasteiger partial charge in [-0.2, -0.15) is 23.5 Å². The van der Waals surface area contributed by atoms with Gasteiger partial charge in [-0.25, -0.2) is 0 Å². The van der Waals surface area contributed by atoms with Crippen LogP contribution in [0.2, 0.25) is 5.02 Å². The quantitative estimate of drug-likeness (QED) is 0.903. The van der Waals surface area contributed by atoms with E-state index in [2.05, 4.69) is 40.7 Å². The highest BCUT2D eigenvalue weighted by Gasteiger charge is 2.24.